The first-order valence-electron chi connectivity index (χ1n) is 15.5. The Balaban J connectivity index is 1.96. The lowest BCUT2D eigenvalue weighted by Crippen LogP contribution is -2.56. The van der Waals surface area contributed by atoms with Gasteiger partial charge in [0.2, 0.25) is 17.7 Å². The predicted molar refractivity (Wildman–Crippen MR) is 180 cm³/mol. The molecule has 3 aromatic carbocycles. The van der Waals surface area contributed by atoms with Gasteiger partial charge >= 0.3 is 0 Å². The number of benzene rings is 3. The predicted octanol–water partition coefficient (Wildman–Crippen LogP) is 4.50. The number of likely N-dealkylation sites (N-methyl/N-ethyl adjacent to an activating group) is 2. The number of aliphatic hydroxyl groups is 1. The number of nitrogens with zero attached hydrogens (tertiary/aromatic N) is 2. The fourth-order valence-electron chi connectivity index (χ4n) is 5.32. The van der Waals surface area contributed by atoms with Gasteiger partial charge in [-0.15, -0.1) is 0 Å². The van der Waals surface area contributed by atoms with Crippen molar-refractivity contribution < 1.29 is 23.9 Å². The largest absolute Gasteiger partial charge is 0.392 e. The molecule has 0 aliphatic heterocycles. The molecular weight excluding hydrogens is 583 g/mol. The average molecular weight is 631 g/mol. The molecular formula is C37H47FN4O4. The van der Waals surface area contributed by atoms with Gasteiger partial charge in [-0.25, -0.2) is 4.39 Å². The van der Waals surface area contributed by atoms with Crippen LogP contribution in [0, 0.1) is 5.82 Å². The molecule has 3 atom stereocenters. The molecule has 0 aliphatic rings. The molecule has 3 aromatic rings. The summed E-state index contributed by atoms with van der Waals surface area (Å²) in [6.45, 7) is 7.13. The molecule has 3 rings (SSSR count). The highest BCUT2D eigenvalue weighted by atomic mass is 19.1. The first-order chi connectivity index (χ1) is 21.6. The summed E-state index contributed by atoms with van der Waals surface area (Å²) in [5.74, 6) is -1.68. The maximum Gasteiger partial charge on any atom is 0.246 e. The molecule has 0 heterocycles. The van der Waals surface area contributed by atoms with Crippen LogP contribution < -0.4 is 11.1 Å². The Morgan fingerprint density at radius 2 is 1.39 bits per heavy atom. The number of carbonyl (C=O) groups excluding carboxylic acids is 3. The number of aliphatic hydroxyl groups excluding tert-OH is 1. The standard InChI is InChI=1S/C37H47FN4O4/c1-25(23-37(3,4)39)20-34(44)41(5)33(22-27-12-16-30(17-13-27)29-10-8-7-9-11-29)36(46)42(6)32(35(45)40-24-26(2)43)21-28-14-18-31(38)19-15-28/h7-20,26,32-33,43H,21-24,39H2,1-6H3,(H,40,45)/t26-,32-,33-/m1/s1. The van der Waals surface area contributed by atoms with Crippen molar-refractivity contribution in [2.75, 3.05) is 20.6 Å². The van der Waals surface area contributed by atoms with E-state index in [1.165, 1.54) is 35.1 Å². The summed E-state index contributed by atoms with van der Waals surface area (Å²) in [5, 5.41) is 12.5. The fraction of sp³-hybridized carbons (Fsp3) is 0.378. The van der Waals surface area contributed by atoms with E-state index < -0.39 is 41.4 Å². The number of hydrogen-bond donors (Lipinski definition) is 3. The highest BCUT2D eigenvalue weighted by Crippen LogP contribution is 2.22. The summed E-state index contributed by atoms with van der Waals surface area (Å²) in [6.07, 6.45) is 1.51. The van der Waals surface area contributed by atoms with Crippen LogP contribution in [0.1, 0.15) is 45.2 Å². The van der Waals surface area contributed by atoms with Gasteiger partial charge in [0.1, 0.15) is 17.9 Å². The van der Waals surface area contributed by atoms with Gasteiger partial charge in [-0.2, -0.15) is 0 Å². The van der Waals surface area contributed by atoms with Crippen LogP contribution in [-0.2, 0) is 27.2 Å². The van der Waals surface area contributed by atoms with Crippen LogP contribution in [0.4, 0.5) is 4.39 Å². The molecule has 0 aromatic heterocycles. The van der Waals surface area contributed by atoms with E-state index in [-0.39, 0.29) is 25.3 Å². The number of amides is 3. The maximum atomic E-state index is 14.3. The van der Waals surface area contributed by atoms with Crippen LogP contribution in [0.15, 0.2) is 90.5 Å². The summed E-state index contributed by atoms with van der Waals surface area (Å²) < 4.78 is 13.6. The second-order valence-corrected chi connectivity index (χ2v) is 12.8. The Hall–Kier alpha value is -4.34. The third-order valence-corrected chi connectivity index (χ3v) is 7.73. The first-order valence-corrected chi connectivity index (χ1v) is 15.5. The van der Waals surface area contributed by atoms with Crippen molar-refractivity contribution in [3.63, 3.8) is 0 Å². The zero-order valence-electron chi connectivity index (χ0n) is 27.7. The van der Waals surface area contributed by atoms with Crippen molar-refractivity contribution in [3.05, 3.63) is 107 Å². The fourth-order valence-corrected chi connectivity index (χ4v) is 5.32. The van der Waals surface area contributed by atoms with Crippen molar-refractivity contribution in [1.29, 1.82) is 0 Å². The minimum absolute atomic E-state index is 0.00206. The van der Waals surface area contributed by atoms with E-state index in [1.807, 2.05) is 75.4 Å². The number of carbonyl (C=O) groups is 3. The second-order valence-electron chi connectivity index (χ2n) is 12.8. The van der Waals surface area contributed by atoms with Crippen LogP contribution in [0.25, 0.3) is 11.1 Å². The molecule has 0 aliphatic carbocycles. The van der Waals surface area contributed by atoms with Gasteiger partial charge in [-0.1, -0.05) is 72.3 Å². The third kappa shape index (κ3) is 10.9. The minimum atomic E-state index is -0.988. The minimum Gasteiger partial charge on any atom is -0.392 e. The summed E-state index contributed by atoms with van der Waals surface area (Å²) in [5.41, 5.74) is 10.0. The van der Waals surface area contributed by atoms with E-state index in [2.05, 4.69) is 5.32 Å². The van der Waals surface area contributed by atoms with Gasteiger partial charge in [-0.05, 0) is 68.5 Å². The van der Waals surface area contributed by atoms with E-state index in [0.717, 1.165) is 22.3 Å². The molecule has 9 heteroatoms. The number of nitrogens with one attached hydrogen (secondary N) is 1. The van der Waals surface area contributed by atoms with Crippen LogP contribution in [0.5, 0.6) is 0 Å². The maximum absolute atomic E-state index is 14.3. The summed E-state index contributed by atoms with van der Waals surface area (Å²) in [4.78, 5) is 44.0. The number of nitrogens with two attached hydrogens (primary N) is 1. The SMILES string of the molecule is CC(=CC(=O)N(C)[C@H](Cc1ccc(-c2ccccc2)cc1)C(=O)N(C)[C@H](Cc1ccc(F)cc1)C(=O)NC[C@@H](C)O)CC(C)(C)N. The van der Waals surface area contributed by atoms with Gasteiger partial charge in [0.05, 0.1) is 6.10 Å². The Labute approximate surface area is 272 Å². The second kappa shape index (κ2) is 16.3. The van der Waals surface area contributed by atoms with Gasteiger partial charge in [0.25, 0.3) is 0 Å². The van der Waals surface area contributed by atoms with E-state index in [9.17, 15) is 23.9 Å². The third-order valence-electron chi connectivity index (χ3n) is 7.73. The normalized spacial score (nSPS) is 13.8. The molecule has 46 heavy (non-hydrogen) atoms. The van der Waals surface area contributed by atoms with Crippen LogP contribution in [0.3, 0.4) is 0 Å². The lowest BCUT2D eigenvalue weighted by atomic mass is 9.96. The van der Waals surface area contributed by atoms with E-state index in [1.54, 1.807) is 26.1 Å². The smallest absolute Gasteiger partial charge is 0.246 e. The van der Waals surface area contributed by atoms with Gasteiger partial charge in [-0.3, -0.25) is 14.4 Å². The molecule has 0 unspecified atom stereocenters. The molecule has 8 nitrogen and oxygen atoms in total. The summed E-state index contributed by atoms with van der Waals surface area (Å²) in [6, 6.07) is 21.5. The van der Waals surface area contributed by atoms with E-state index in [4.69, 9.17) is 5.73 Å². The molecule has 3 amide bonds. The van der Waals surface area contributed by atoms with Gasteiger partial charge in [0, 0.05) is 45.1 Å². The zero-order valence-corrected chi connectivity index (χ0v) is 27.7. The average Bonchev–Trinajstić information content (AvgIpc) is 3.01. The highest BCUT2D eigenvalue weighted by Gasteiger charge is 2.35. The van der Waals surface area contributed by atoms with Crippen molar-refractivity contribution in [1.82, 2.24) is 15.1 Å². The molecule has 246 valence electrons. The quantitative estimate of drug-likeness (QED) is 0.227. The van der Waals surface area contributed by atoms with Crippen molar-refractivity contribution in [2.45, 2.75) is 70.7 Å². The monoisotopic (exact) mass is 630 g/mol. The molecule has 0 spiro atoms. The van der Waals surface area contributed by atoms with Crippen LogP contribution in [-0.4, -0.2) is 77.0 Å². The van der Waals surface area contributed by atoms with E-state index >= 15 is 0 Å². The van der Waals surface area contributed by atoms with Gasteiger partial charge in [0.15, 0.2) is 0 Å². The summed E-state index contributed by atoms with van der Waals surface area (Å²) in [7, 11) is 3.11. The molecule has 0 saturated heterocycles. The molecule has 0 radical (unpaired) electrons. The molecule has 0 fully saturated rings. The van der Waals surface area contributed by atoms with Crippen molar-refractivity contribution >= 4 is 17.7 Å². The van der Waals surface area contributed by atoms with Crippen molar-refractivity contribution in [2.24, 2.45) is 5.73 Å². The van der Waals surface area contributed by atoms with E-state index in [0.29, 0.717) is 12.0 Å². The molecule has 0 bridgehead atoms. The summed E-state index contributed by atoms with van der Waals surface area (Å²) >= 11 is 0. The van der Waals surface area contributed by atoms with Crippen LogP contribution >= 0.6 is 0 Å². The Kier molecular flexibility index (Phi) is 12.8. The number of halogens is 1. The first kappa shape index (κ1) is 36.1. The Morgan fingerprint density at radius 1 is 0.870 bits per heavy atom. The van der Waals surface area contributed by atoms with Gasteiger partial charge < -0.3 is 26.0 Å². The topological polar surface area (TPSA) is 116 Å². The lowest BCUT2D eigenvalue weighted by Gasteiger charge is -2.34. The van der Waals surface area contributed by atoms with Crippen LogP contribution in [0.2, 0.25) is 0 Å². The Bertz CT molecular complexity index is 1480. The zero-order chi connectivity index (χ0) is 34.0. The van der Waals surface area contributed by atoms with Crippen molar-refractivity contribution in [3.8, 4) is 11.1 Å². The molecule has 4 N–H and O–H groups in total. The number of hydrogen-bond acceptors (Lipinski definition) is 5. The molecule has 0 saturated carbocycles. The Morgan fingerprint density at radius 3 is 1.93 bits per heavy atom. The lowest BCUT2D eigenvalue weighted by molar-refractivity contribution is -0.146. The number of rotatable bonds is 14. The highest BCUT2D eigenvalue weighted by molar-refractivity contribution is 5.95.